The van der Waals surface area contributed by atoms with Crippen molar-refractivity contribution in [2.45, 2.75) is 6.92 Å². The number of allylic oxidation sites excluding steroid dienone is 5. The van der Waals surface area contributed by atoms with E-state index in [1.165, 1.54) is 6.07 Å². The molecule has 4 heterocycles. The number of hydrogen-bond donors (Lipinski definition) is 2. The van der Waals surface area contributed by atoms with Crippen molar-refractivity contribution in [1.29, 1.82) is 0 Å². The minimum atomic E-state index is -0.192. The van der Waals surface area contributed by atoms with Crippen molar-refractivity contribution < 1.29 is 4.39 Å². The van der Waals surface area contributed by atoms with Crippen molar-refractivity contribution in [2.24, 2.45) is 0 Å². The fourth-order valence-corrected chi connectivity index (χ4v) is 4.48. The molecule has 1 aromatic carbocycles. The molecule has 0 fully saturated rings. The molecule has 0 amide bonds. The van der Waals surface area contributed by atoms with Crippen LogP contribution < -0.4 is 0 Å². The summed E-state index contributed by atoms with van der Waals surface area (Å²) in [5, 5.41) is 8.43. The topological polar surface area (TPSA) is 57.4 Å². The summed E-state index contributed by atoms with van der Waals surface area (Å²) in [7, 11) is 0. The van der Waals surface area contributed by atoms with Gasteiger partial charge >= 0.3 is 0 Å². The molecule has 0 aliphatic carbocycles. The van der Waals surface area contributed by atoms with E-state index in [1.54, 1.807) is 6.08 Å². The molecule has 0 atom stereocenters. The van der Waals surface area contributed by atoms with Gasteiger partial charge in [0.15, 0.2) is 5.13 Å². The van der Waals surface area contributed by atoms with Crippen LogP contribution in [0.5, 0.6) is 0 Å². The van der Waals surface area contributed by atoms with Gasteiger partial charge in [-0.1, -0.05) is 43.0 Å². The molecule has 0 aliphatic heterocycles. The van der Waals surface area contributed by atoms with E-state index in [1.807, 2.05) is 61.5 Å². The Hall–Kier alpha value is -3.77. The number of pyridine rings is 1. The van der Waals surface area contributed by atoms with Crippen molar-refractivity contribution in [3.8, 4) is 21.8 Å². The molecule has 2 N–H and O–H groups in total. The number of rotatable bonds is 5. The number of benzene rings is 1. The molecule has 6 heteroatoms. The van der Waals surface area contributed by atoms with E-state index in [2.05, 4.69) is 27.8 Å². The van der Waals surface area contributed by atoms with Gasteiger partial charge in [-0.3, -0.25) is 5.10 Å². The fourth-order valence-electron chi connectivity index (χ4n) is 3.71. The van der Waals surface area contributed by atoms with Crippen molar-refractivity contribution in [3.05, 3.63) is 90.2 Å². The third-order valence-corrected chi connectivity index (χ3v) is 6.09. The van der Waals surface area contributed by atoms with Crippen LogP contribution in [0.25, 0.3) is 49.3 Å². The van der Waals surface area contributed by atoms with Crippen LogP contribution in [-0.4, -0.2) is 20.2 Å². The third-order valence-electron chi connectivity index (χ3n) is 5.18. The molecule has 0 radical (unpaired) electrons. The van der Waals surface area contributed by atoms with Gasteiger partial charge in [-0.2, -0.15) is 9.49 Å². The van der Waals surface area contributed by atoms with Crippen LogP contribution in [0, 0.1) is 5.13 Å². The predicted molar refractivity (Wildman–Crippen MR) is 127 cm³/mol. The molecule has 0 spiro atoms. The van der Waals surface area contributed by atoms with Gasteiger partial charge in [0.05, 0.1) is 16.9 Å². The normalized spacial score (nSPS) is 12.4. The molecule has 152 valence electrons. The van der Waals surface area contributed by atoms with E-state index >= 15 is 0 Å². The quantitative estimate of drug-likeness (QED) is 0.294. The van der Waals surface area contributed by atoms with Crippen LogP contribution >= 0.6 is 11.3 Å². The largest absolute Gasteiger partial charge is 0.353 e. The molecule has 31 heavy (non-hydrogen) atoms. The Kier molecular flexibility index (Phi) is 4.84. The number of thiophene rings is 1. The molecule has 4 nitrogen and oxygen atoms in total. The Morgan fingerprint density at radius 2 is 2.03 bits per heavy atom. The van der Waals surface area contributed by atoms with Gasteiger partial charge in [0.25, 0.3) is 0 Å². The summed E-state index contributed by atoms with van der Waals surface area (Å²) in [5.74, 6) is 0. The Morgan fingerprint density at radius 3 is 2.81 bits per heavy atom. The highest BCUT2D eigenvalue weighted by atomic mass is 32.1. The lowest BCUT2D eigenvalue weighted by atomic mass is 10.1. The molecule has 0 aliphatic rings. The molecule has 4 aromatic heterocycles. The second kappa shape index (κ2) is 7.81. The Balaban J connectivity index is 1.65. The minimum Gasteiger partial charge on any atom is -0.353 e. The maximum atomic E-state index is 13.6. The van der Waals surface area contributed by atoms with E-state index in [0.29, 0.717) is 0 Å². The summed E-state index contributed by atoms with van der Waals surface area (Å²) in [6.45, 7) is 5.72. The number of nitrogens with zero attached hydrogens (tertiary/aromatic N) is 2. The summed E-state index contributed by atoms with van der Waals surface area (Å²) in [4.78, 5) is 9.22. The van der Waals surface area contributed by atoms with Crippen molar-refractivity contribution in [1.82, 2.24) is 20.2 Å². The van der Waals surface area contributed by atoms with Crippen LogP contribution in [0.2, 0.25) is 0 Å². The zero-order valence-electron chi connectivity index (χ0n) is 16.8. The standard InChI is InChI=1S/C25H19FN4S/c1-3-5-7-15(4-2)18-10-11-20-24(28-18)25(30-29-20)21-14-17-16(8-6-9-19(17)27-21)22-12-13-23(26)31-22/h3-14,27H,1H2,2H3,(H,29,30)/b7-5-,15-4+. The first-order valence-corrected chi connectivity index (χ1v) is 10.7. The van der Waals surface area contributed by atoms with Gasteiger partial charge in [-0.05, 0) is 48.9 Å². The smallest absolute Gasteiger partial charge is 0.176 e. The Bertz CT molecular complexity index is 1480. The molecule has 0 bridgehead atoms. The maximum absolute atomic E-state index is 13.6. The second-order valence-electron chi connectivity index (χ2n) is 7.06. The Morgan fingerprint density at radius 1 is 1.13 bits per heavy atom. The number of aromatic amines is 2. The first-order chi connectivity index (χ1) is 15.2. The number of H-pyrrole nitrogens is 2. The van der Waals surface area contributed by atoms with E-state index in [-0.39, 0.29) is 5.13 Å². The van der Waals surface area contributed by atoms with Crippen LogP contribution in [0.4, 0.5) is 4.39 Å². The zero-order valence-corrected chi connectivity index (χ0v) is 17.6. The van der Waals surface area contributed by atoms with E-state index < -0.39 is 0 Å². The van der Waals surface area contributed by atoms with Crippen molar-refractivity contribution in [3.63, 3.8) is 0 Å². The third kappa shape index (κ3) is 3.41. The first kappa shape index (κ1) is 19.2. The first-order valence-electron chi connectivity index (χ1n) is 9.86. The van der Waals surface area contributed by atoms with Crippen LogP contribution in [0.1, 0.15) is 12.6 Å². The fraction of sp³-hybridized carbons (Fsp3) is 0.0400. The lowest BCUT2D eigenvalue weighted by molar-refractivity contribution is 0.657. The highest BCUT2D eigenvalue weighted by Crippen LogP contribution is 2.36. The number of halogens is 1. The highest BCUT2D eigenvalue weighted by Gasteiger charge is 2.16. The highest BCUT2D eigenvalue weighted by molar-refractivity contribution is 7.14. The Labute approximate surface area is 182 Å². The van der Waals surface area contributed by atoms with Gasteiger partial charge in [0, 0.05) is 21.3 Å². The summed E-state index contributed by atoms with van der Waals surface area (Å²) < 4.78 is 13.6. The predicted octanol–water partition coefficient (Wildman–Crippen LogP) is 7.12. The summed E-state index contributed by atoms with van der Waals surface area (Å²) in [5.41, 5.74) is 7.10. The maximum Gasteiger partial charge on any atom is 0.176 e. The van der Waals surface area contributed by atoms with Crippen molar-refractivity contribution >= 4 is 38.8 Å². The van der Waals surface area contributed by atoms with Gasteiger partial charge in [-0.25, -0.2) is 4.98 Å². The summed E-state index contributed by atoms with van der Waals surface area (Å²) in [6.07, 6.45) is 7.64. The average Bonchev–Trinajstić information content (AvgIpc) is 3.51. The molecule has 5 aromatic rings. The average molecular weight is 427 g/mol. The van der Waals surface area contributed by atoms with Crippen LogP contribution in [-0.2, 0) is 0 Å². The molecule has 0 unspecified atom stereocenters. The van der Waals surface area contributed by atoms with Gasteiger partial charge in [-0.15, -0.1) is 11.3 Å². The number of hydrogen-bond acceptors (Lipinski definition) is 3. The lowest BCUT2D eigenvalue weighted by Gasteiger charge is -2.02. The molecular formula is C25H19FN4S. The summed E-state index contributed by atoms with van der Waals surface area (Å²) in [6, 6.07) is 15.3. The number of aromatic nitrogens is 4. The summed E-state index contributed by atoms with van der Waals surface area (Å²) >= 11 is 1.14. The van der Waals surface area contributed by atoms with Gasteiger partial charge in [0.1, 0.15) is 11.2 Å². The van der Waals surface area contributed by atoms with Crippen LogP contribution in [0.15, 0.2) is 79.4 Å². The SMILES string of the molecule is C=C/C=C\C(=C/C)c1ccc2[nH]nc(-c3cc4c(-c5ccc(F)s5)cccc4[nH]3)c2n1. The monoisotopic (exact) mass is 426 g/mol. The minimum absolute atomic E-state index is 0.192. The lowest BCUT2D eigenvalue weighted by Crippen LogP contribution is -1.88. The zero-order chi connectivity index (χ0) is 21.4. The molecule has 0 saturated carbocycles. The molecule has 0 saturated heterocycles. The van der Waals surface area contributed by atoms with Crippen molar-refractivity contribution in [2.75, 3.05) is 0 Å². The second-order valence-corrected chi connectivity index (χ2v) is 8.09. The van der Waals surface area contributed by atoms with E-state index in [4.69, 9.17) is 4.98 Å². The van der Waals surface area contributed by atoms with Gasteiger partial charge in [0.2, 0.25) is 0 Å². The van der Waals surface area contributed by atoms with E-state index in [0.717, 1.165) is 66.4 Å². The van der Waals surface area contributed by atoms with E-state index in [9.17, 15) is 4.39 Å². The van der Waals surface area contributed by atoms with Crippen LogP contribution in [0.3, 0.4) is 0 Å². The molecular weight excluding hydrogens is 407 g/mol. The number of fused-ring (bicyclic) bond motifs is 2. The van der Waals surface area contributed by atoms with Gasteiger partial charge < -0.3 is 4.98 Å². The number of nitrogens with one attached hydrogen (secondary N) is 2. The molecule has 5 rings (SSSR count).